The first-order valence-corrected chi connectivity index (χ1v) is 7.96. The highest BCUT2D eigenvalue weighted by Crippen LogP contribution is 2.24. The number of rotatable bonds is 7. The molecule has 0 aliphatic heterocycles. The maximum absolute atomic E-state index is 5.94. The van der Waals surface area contributed by atoms with Gasteiger partial charge in [0.2, 0.25) is 0 Å². The minimum absolute atomic E-state index is 0.692. The summed E-state index contributed by atoms with van der Waals surface area (Å²) in [4.78, 5) is 9.78. The fourth-order valence-electron chi connectivity index (χ4n) is 2.32. The van der Waals surface area contributed by atoms with Gasteiger partial charge in [-0.1, -0.05) is 5.16 Å². The maximum atomic E-state index is 5.94. The summed E-state index contributed by atoms with van der Waals surface area (Å²) in [5.41, 5.74) is 3.09. The van der Waals surface area contributed by atoms with Gasteiger partial charge in [0, 0.05) is 11.1 Å². The number of hydrogen-bond acceptors (Lipinski definition) is 6. The lowest BCUT2D eigenvalue weighted by Crippen LogP contribution is -2.02. The fraction of sp³-hybridized carbons (Fsp3) is 0.375. The average molecular weight is 319 g/mol. The van der Waals surface area contributed by atoms with Crippen molar-refractivity contribution < 1.29 is 9.68 Å². The van der Waals surface area contributed by atoms with Crippen molar-refractivity contribution in [2.45, 2.75) is 33.6 Å². The van der Waals surface area contributed by atoms with E-state index in [0.29, 0.717) is 6.61 Å². The summed E-state index contributed by atoms with van der Waals surface area (Å²) in [6.07, 6.45) is 5.51. The number of thiazole rings is 1. The third kappa shape index (κ3) is 4.54. The molecule has 0 bridgehead atoms. The first kappa shape index (κ1) is 16.5. The van der Waals surface area contributed by atoms with E-state index in [0.717, 1.165) is 40.3 Å². The Kier molecular flexibility index (Phi) is 5.91. The lowest BCUT2D eigenvalue weighted by Gasteiger charge is -2.12. The zero-order valence-electron chi connectivity index (χ0n) is 13.1. The van der Waals surface area contributed by atoms with Gasteiger partial charge in [-0.05, 0) is 62.4 Å². The normalized spacial score (nSPS) is 11.1. The van der Waals surface area contributed by atoms with Crippen LogP contribution >= 0.6 is 11.3 Å². The van der Waals surface area contributed by atoms with Crippen molar-refractivity contribution in [3.8, 4) is 5.75 Å². The molecule has 0 amide bonds. The number of aryl methyl sites for hydroxylation is 4. The Morgan fingerprint density at radius 1 is 1.27 bits per heavy atom. The standard InChI is InChI=1S/C16H21N3O2S/c1-11-7-14(9-19-21-17)8-12(2)16(11)20-6-4-5-15-10-18-13(3)22-15/h7-10H,4-6,17H2,1-3H3. The Balaban J connectivity index is 1.90. The van der Waals surface area contributed by atoms with Crippen LogP contribution in [0.15, 0.2) is 23.5 Å². The molecule has 118 valence electrons. The predicted octanol–water partition coefficient (Wildman–Crippen LogP) is 3.30. The SMILES string of the molecule is Cc1ncc(CCCOc2c(C)cc(C=NON)cc2C)s1. The Morgan fingerprint density at radius 3 is 2.59 bits per heavy atom. The Hall–Kier alpha value is -1.92. The minimum Gasteiger partial charge on any atom is -0.493 e. The molecule has 22 heavy (non-hydrogen) atoms. The molecular formula is C16H21N3O2S. The number of nitrogens with zero attached hydrogens (tertiary/aromatic N) is 2. The van der Waals surface area contributed by atoms with Gasteiger partial charge in [0.05, 0.1) is 17.8 Å². The van der Waals surface area contributed by atoms with Crippen molar-refractivity contribution >= 4 is 17.6 Å². The second-order valence-electron chi connectivity index (χ2n) is 5.12. The summed E-state index contributed by atoms with van der Waals surface area (Å²) in [6.45, 7) is 6.76. The highest BCUT2D eigenvalue weighted by Gasteiger charge is 2.06. The number of oxime groups is 1. The third-order valence-corrected chi connectivity index (χ3v) is 4.20. The molecule has 2 aromatic rings. The Morgan fingerprint density at radius 2 is 2.00 bits per heavy atom. The molecule has 0 aliphatic carbocycles. The average Bonchev–Trinajstić information content (AvgIpc) is 2.89. The summed E-state index contributed by atoms with van der Waals surface area (Å²) >= 11 is 1.75. The predicted molar refractivity (Wildman–Crippen MR) is 89.4 cm³/mol. The molecule has 0 fully saturated rings. The molecule has 0 saturated heterocycles. The van der Waals surface area contributed by atoms with Gasteiger partial charge in [-0.15, -0.1) is 17.2 Å². The zero-order valence-corrected chi connectivity index (χ0v) is 13.9. The molecule has 1 aromatic carbocycles. The van der Waals surface area contributed by atoms with Crippen molar-refractivity contribution in [3.05, 3.63) is 44.9 Å². The van der Waals surface area contributed by atoms with Crippen LogP contribution in [-0.4, -0.2) is 17.8 Å². The van der Waals surface area contributed by atoms with Gasteiger partial charge >= 0.3 is 0 Å². The fourth-order valence-corrected chi connectivity index (χ4v) is 3.16. The van der Waals surface area contributed by atoms with Gasteiger partial charge in [0.25, 0.3) is 0 Å². The second kappa shape index (κ2) is 7.91. The monoisotopic (exact) mass is 319 g/mol. The first-order valence-electron chi connectivity index (χ1n) is 7.14. The highest BCUT2D eigenvalue weighted by atomic mass is 32.1. The van der Waals surface area contributed by atoms with Gasteiger partial charge in [-0.2, -0.15) is 0 Å². The highest BCUT2D eigenvalue weighted by molar-refractivity contribution is 7.11. The van der Waals surface area contributed by atoms with Crippen LogP contribution in [0.2, 0.25) is 0 Å². The lowest BCUT2D eigenvalue weighted by atomic mass is 10.1. The molecule has 0 aliphatic rings. The molecule has 0 unspecified atom stereocenters. The topological polar surface area (TPSA) is 69.7 Å². The molecule has 6 heteroatoms. The van der Waals surface area contributed by atoms with Crippen LogP contribution in [0.3, 0.4) is 0 Å². The van der Waals surface area contributed by atoms with Crippen molar-refractivity contribution in [3.63, 3.8) is 0 Å². The summed E-state index contributed by atoms with van der Waals surface area (Å²) in [5.74, 6) is 5.82. The van der Waals surface area contributed by atoms with Crippen LogP contribution in [0.5, 0.6) is 5.75 Å². The third-order valence-electron chi connectivity index (χ3n) is 3.23. The van der Waals surface area contributed by atoms with Crippen molar-refractivity contribution in [2.75, 3.05) is 6.61 Å². The summed E-state index contributed by atoms with van der Waals surface area (Å²) in [7, 11) is 0. The Bertz CT molecular complexity index is 630. The molecular weight excluding hydrogens is 298 g/mol. The number of aromatic nitrogens is 1. The molecule has 0 radical (unpaired) electrons. The number of benzene rings is 1. The van der Waals surface area contributed by atoms with Crippen molar-refractivity contribution in [1.82, 2.24) is 4.98 Å². The van der Waals surface area contributed by atoms with Crippen LogP contribution in [0.4, 0.5) is 0 Å². The molecule has 0 atom stereocenters. The molecule has 0 saturated carbocycles. The molecule has 1 heterocycles. The van der Waals surface area contributed by atoms with E-state index in [2.05, 4.69) is 15.1 Å². The van der Waals surface area contributed by atoms with E-state index in [-0.39, 0.29) is 0 Å². The van der Waals surface area contributed by atoms with Crippen LogP contribution in [0.1, 0.15) is 33.0 Å². The molecule has 2 N–H and O–H groups in total. The van der Waals surface area contributed by atoms with Crippen LogP contribution in [-0.2, 0) is 11.4 Å². The number of ether oxygens (including phenoxy) is 1. The van der Waals surface area contributed by atoms with Crippen molar-refractivity contribution in [2.24, 2.45) is 11.1 Å². The Labute approximate surface area is 134 Å². The summed E-state index contributed by atoms with van der Waals surface area (Å²) in [5, 5.41) is 4.68. The second-order valence-corrected chi connectivity index (χ2v) is 6.44. The van der Waals surface area contributed by atoms with E-state index in [9.17, 15) is 0 Å². The number of hydrogen-bond donors (Lipinski definition) is 1. The van der Waals surface area contributed by atoms with Gasteiger partial charge in [0.1, 0.15) is 5.75 Å². The van der Waals surface area contributed by atoms with Crippen LogP contribution in [0, 0.1) is 20.8 Å². The largest absolute Gasteiger partial charge is 0.493 e. The first-order chi connectivity index (χ1) is 10.6. The van der Waals surface area contributed by atoms with E-state index in [4.69, 9.17) is 10.6 Å². The van der Waals surface area contributed by atoms with Gasteiger partial charge in [-0.25, -0.2) is 4.98 Å². The van der Waals surface area contributed by atoms with E-state index in [1.165, 1.54) is 4.88 Å². The smallest absolute Gasteiger partial charge is 0.125 e. The molecule has 2 rings (SSSR count). The van der Waals surface area contributed by atoms with E-state index in [1.807, 2.05) is 39.1 Å². The van der Waals surface area contributed by atoms with Gasteiger partial charge < -0.3 is 9.68 Å². The summed E-state index contributed by atoms with van der Waals surface area (Å²) in [6, 6.07) is 3.99. The van der Waals surface area contributed by atoms with E-state index < -0.39 is 0 Å². The van der Waals surface area contributed by atoms with Crippen LogP contribution < -0.4 is 10.6 Å². The quantitative estimate of drug-likeness (QED) is 0.483. The molecule has 1 aromatic heterocycles. The van der Waals surface area contributed by atoms with E-state index >= 15 is 0 Å². The number of nitrogens with two attached hydrogens (primary N) is 1. The zero-order chi connectivity index (χ0) is 15.9. The van der Waals surface area contributed by atoms with Gasteiger partial charge in [-0.3, -0.25) is 0 Å². The molecule has 5 nitrogen and oxygen atoms in total. The van der Waals surface area contributed by atoms with Crippen molar-refractivity contribution in [1.29, 1.82) is 0 Å². The summed E-state index contributed by atoms with van der Waals surface area (Å²) < 4.78 is 5.94. The maximum Gasteiger partial charge on any atom is 0.125 e. The van der Waals surface area contributed by atoms with Crippen LogP contribution in [0.25, 0.3) is 0 Å². The minimum atomic E-state index is 0.692. The lowest BCUT2D eigenvalue weighted by molar-refractivity contribution is 0.150. The van der Waals surface area contributed by atoms with E-state index in [1.54, 1.807) is 17.6 Å². The van der Waals surface area contributed by atoms with Gasteiger partial charge in [0.15, 0.2) is 0 Å². The molecule has 0 spiro atoms.